The van der Waals surface area contributed by atoms with E-state index < -0.39 is 0 Å². The number of nitrogens with one attached hydrogen (secondary N) is 1. The first kappa shape index (κ1) is 18.3. The van der Waals surface area contributed by atoms with Gasteiger partial charge in [-0.25, -0.2) is 0 Å². The third-order valence-corrected chi connectivity index (χ3v) is 5.16. The molecule has 3 heteroatoms. The fourth-order valence-corrected chi connectivity index (χ4v) is 3.62. The Balaban J connectivity index is 1.51. The summed E-state index contributed by atoms with van der Waals surface area (Å²) in [7, 11) is 0. The Hall–Kier alpha value is -3.07. The van der Waals surface area contributed by atoms with Gasteiger partial charge in [0.15, 0.2) is 0 Å². The molecule has 3 aromatic carbocycles. The average Bonchev–Trinajstić information content (AvgIpc) is 3.05. The molecule has 1 atom stereocenters. The lowest BCUT2D eigenvalue weighted by atomic mass is 9.96. The molecule has 0 spiro atoms. The predicted molar refractivity (Wildman–Crippen MR) is 116 cm³/mol. The summed E-state index contributed by atoms with van der Waals surface area (Å²) in [6.45, 7) is 6.36. The highest BCUT2D eigenvalue weighted by molar-refractivity contribution is 6.06. The molecule has 0 radical (unpaired) electrons. The number of carbonyl (C=O) groups excluding carboxylic acids is 1. The third kappa shape index (κ3) is 3.65. The third-order valence-electron chi connectivity index (χ3n) is 5.16. The van der Waals surface area contributed by atoms with Gasteiger partial charge in [0.05, 0.1) is 5.92 Å². The fourth-order valence-electron chi connectivity index (χ4n) is 3.62. The molecule has 0 unspecified atom stereocenters. The summed E-state index contributed by atoms with van der Waals surface area (Å²) < 4.78 is 5.91. The van der Waals surface area contributed by atoms with Gasteiger partial charge >= 0.3 is 0 Å². The van der Waals surface area contributed by atoms with Crippen molar-refractivity contribution in [2.45, 2.75) is 33.1 Å². The van der Waals surface area contributed by atoms with Crippen molar-refractivity contribution in [2.75, 3.05) is 5.32 Å². The molecule has 1 aromatic heterocycles. The fraction of sp³-hybridized carbons (Fsp3) is 0.240. The minimum Gasteiger partial charge on any atom is -0.456 e. The van der Waals surface area contributed by atoms with E-state index in [4.69, 9.17) is 4.42 Å². The van der Waals surface area contributed by atoms with Gasteiger partial charge in [-0.1, -0.05) is 56.3 Å². The van der Waals surface area contributed by atoms with Crippen molar-refractivity contribution in [2.24, 2.45) is 5.92 Å². The molecule has 3 nitrogen and oxygen atoms in total. The molecule has 0 saturated carbocycles. The van der Waals surface area contributed by atoms with Crippen LogP contribution in [0.5, 0.6) is 0 Å². The van der Waals surface area contributed by atoms with E-state index in [2.05, 4.69) is 43.4 Å². The van der Waals surface area contributed by atoms with E-state index in [0.29, 0.717) is 5.92 Å². The standard InChI is InChI=1S/C25H25NO2/c1-16(2)14-18-8-10-19(11-9-18)17(3)25(27)26-20-12-13-22-21-6-4-5-7-23(21)28-24(22)15-20/h4-13,15-17H,14H2,1-3H3,(H,26,27)/t17-/m1/s1. The quantitative estimate of drug-likeness (QED) is 0.433. The second-order valence-electron chi connectivity index (χ2n) is 7.86. The van der Waals surface area contributed by atoms with Crippen LogP contribution in [0.2, 0.25) is 0 Å². The molecular formula is C25H25NO2. The molecular weight excluding hydrogens is 346 g/mol. The zero-order valence-electron chi connectivity index (χ0n) is 16.5. The number of fused-ring (bicyclic) bond motifs is 3. The molecule has 0 saturated heterocycles. The molecule has 1 N–H and O–H groups in total. The van der Waals surface area contributed by atoms with Crippen molar-refractivity contribution in [3.05, 3.63) is 77.9 Å². The minimum absolute atomic E-state index is 0.0212. The van der Waals surface area contributed by atoms with Crippen LogP contribution in [0.4, 0.5) is 5.69 Å². The van der Waals surface area contributed by atoms with Crippen LogP contribution >= 0.6 is 0 Å². The molecule has 4 rings (SSSR count). The minimum atomic E-state index is -0.223. The number of benzene rings is 3. The number of hydrogen-bond acceptors (Lipinski definition) is 2. The van der Waals surface area contributed by atoms with Crippen molar-refractivity contribution >= 4 is 33.5 Å². The lowest BCUT2D eigenvalue weighted by molar-refractivity contribution is -0.117. The maximum Gasteiger partial charge on any atom is 0.231 e. The monoisotopic (exact) mass is 371 g/mol. The molecule has 0 bridgehead atoms. The van der Waals surface area contributed by atoms with E-state index >= 15 is 0 Å². The summed E-state index contributed by atoms with van der Waals surface area (Å²) in [5.74, 6) is 0.381. The highest BCUT2D eigenvalue weighted by atomic mass is 16.3. The van der Waals surface area contributed by atoms with Crippen LogP contribution in [0.15, 0.2) is 71.1 Å². The Labute approximate surface area is 165 Å². The first-order valence-electron chi connectivity index (χ1n) is 9.82. The molecule has 28 heavy (non-hydrogen) atoms. The van der Waals surface area contributed by atoms with E-state index in [-0.39, 0.29) is 11.8 Å². The summed E-state index contributed by atoms with van der Waals surface area (Å²) >= 11 is 0. The molecule has 0 aliphatic rings. The Morgan fingerprint density at radius 1 is 0.893 bits per heavy atom. The number of hydrogen-bond donors (Lipinski definition) is 1. The van der Waals surface area contributed by atoms with Gasteiger partial charge in [0.1, 0.15) is 11.2 Å². The van der Waals surface area contributed by atoms with Crippen molar-refractivity contribution < 1.29 is 9.21 Å². The van der Waals surface area contributed by atoms with Crippen molar-refractivity contribution in [3.63, 3.8) is 0 Å². The first-order valence-corrected chi connectivity index (χ1v) is 9.82. The van der Waals surface area contributed by atoms with E-state index in [1.165, 1.54) is 5.56 Å². The molecule has 0 aliphatic carbocycles. The van der Waals surface area contributed by atoms with Gasteiger partial charge in [-0.05, 0) is 48.6 Å². The Morgan fingerprint density at radius 2 is 1.61 bits per heavy atom. The highest BCUT2D eigenvalue weighted by Gasteiger charge is 2.16. The van der Waals surface area contributed by atoms with Gasteiger partial charge in [0.25, 0.3) is 0 Å². The Bertz CT molecular complexity index is 1120. The van der Waals surface area contributed by atoms with Crippen molar-refractivity contribution in [1.29, 1.82) is 0 Å². The van der Waals surface area contributed by atoms with E-state index in [1.54, 1.807) is 0 Å². The van der Waals surface area contributed by atoms with Crippen molar-refractivity contribution in [3.8, 4) is 0 Å². The van der Waals surface area contributed by atoms with Crippen LogP contribution in [0.3, 0.4) is 0 Å². The predicted octanol–water partition coefficient (Wildman–Crippen LogP) is 6.53. The number of amides is 1. The Morgan fingerprint density at radius 3 is 2.36 bits per heavy atom. The molecule has 4 aromatic rings. The van der Waals surface area contributed by atoms with Gasteiger partial charge in [0.2, 0.25) is 5.91 Å². The smallest absolute Gasteiger partial charge is 0.231 e. The van der Waals surface area contributed by atoms with Gasteiger partial charge in [-0.2, -0.15) is 0 Å². The number of carbonyl (C=O) groups is 1. The topological polar surface area (TPSA) is 42.2 Å². The van der Waals surface area contributed by atoms with Gasteiger partial charge in [-0.15, -0.1) is 0 Å². The maximum atomic E-state index is 12.7. The van der Waals surface area contributed by atoms with Gasteiger partial charge in [0, 0.05) is 22.5 Å². The summed E-state index contributed by atoms with van der Waals surface area (Å²) in [4.78, 5) is 12.7. The summed E-state index contributed by atoms with van der Waals surface area (Å²) in [6, 6.07) is 22.2. The number of furan rings is 1. The van der Waals surface area contributed by atoms with Gasteiger partial charge in [-0.3, -0.25) is 4.79 Å². The second kappa shape index (κ2) is 7.51. The zero-order chi connectivity index (χ0) is 19.7. The first-order chi connectivity index (χ1) is 13.5. The molecule has 142 valence electrons. The van der Waals surface area contributed by atoms with E-state index in [9.17, 15) is 4.79 Å². The van der Waals surface area contributed by atoms with E-state index in [1.807, 2.05) is 49.4 Å². The molecule has 1 heterocycles. The molecule has 0 fully saturated rings. The summed E-state index contributed by atoms with van der Waals surface area (Å²) in [5, 5.41) is 5.17. The van der Waals surface area contributed by atoms with Crippen LogP contribution in [-0.2, 0) is 11.2 Å². The average molecular weight is 371 g/mol. The van der Waals surface area contributed by atoms with Crippen LogP contribution in [-0.4, -0.2) is 5.91 Å². The number of anilines is 1. The summed E-state index contributed by atoms with van der Waals surface area (Å²) in [6.07, 6.45) is 1.05. The zero-order valence-corrected chi connectivity index (χ0v) is 16.5. The number of rotatable bonds is 5. The van der Waals surface area contributed by atoms with Gasteiger partial charge < -0.3 is 9.73 Å². The largest absolute Gasteiger partial charge is 0.456 e. The second-order valence-corrected chi connectivity index (χ2v) is 7.86. The Kier molecular flexibility index (Phi) is 4.91. The summed E-state index contributed by atoms with van der Waals surface area (Å²) in [5.41, 5.74) is 4.72. The highest BCUT2D eigenvalue weighted by Crippen LogP contribution is 2.30. The lowest BCUT2D eigenvalue weighted by Gasteiger charge is -2.14. The SMILES string of the molecule is CC(C)Cc1ccc([C@@H](C)C(=O)Nc2ccc3c(c2)oc2ccccc23)cc1. The van der Waals surface area contributed by atoms with Crippen LogP contribution in [0, 0.1) is 5.92 Å². The van der Waals surface area contributed by atoms with Crippen LogP contribution < -0.4 is 5.32 Å². The number of para-hydroxylation sites is 1. The molecule has 1 amide bonds. The van der Waals surface area contributed by atoms with Crippen LogP contribution in [0.25, 0.3) is 21.9 Å². The van der Waals surface area contributed by atoms with Crippen molar-refractivity contribution in [1.82, 2.24) is 0 Å². The van der Waals surface area contributed by atoms with E-state index in [0.717, 1.165) is 39.6 Å². The maximum absolute atomic E-state index is 12.7. The van der Waals surface area contributed by atoms with Crippen LogP contribution in [0.1, 0.15) is 37.8 Å². The molecule has 0 aliphatic heterocycles. The normalized spacial score (nSPS) is 12.6. The lowest BCUT2D eigenvalue weighted by Crippen LogP contribution is -2.18.